The number of aromatic nitrogens is 1. The molecule has 152 valence electrons. The van der Waals surface area contributed by atoms with Gasteiger partial charge >= 0.3 is 6.09 Å². The molecule has 1 aromatic heterocycles. The molecule has 0 spiro atoms. The first-order valence-electron chi connectivity index (χ1n) is 9.16. The van der Waals surface area contributed by atoms with Crippen LogP contribution in [0.2, 0.25) is 5.02 Å². The van der Waals surface area contributed by atoms with Crippen LogP contribution in [-0.4, -0.2) is 54.9 Å². The summed E-state index contributed by atoms with van der Waals surface area (Å²) in [4.78, 5) is 20.9. The lowest BCUT2D eigenvalue weighted by Crippen LogP contribution is -2.50. The van der Waals surface area contributed by atoms with Crippen molar-refractivity contribution in [3.8, 4) is 5.75 Å². The minimum absolute atomic E-state index is 0.276. The molecule has 1 aliphatic heterocycles. The lowest BCUT2D eigenvalue weighted by Gasteiger charge is -2.37. The summed E-state index contributed by atoms with van der Waals surface area (Å²) in [7, 11) is 1.64. The van der Waals surface area contributed by atoms with Crippen LogP contribution in [0.5, 0.6) is 5.75 Å². The van der Waals surface area contributed by atoms with Crippen LogP contribution < -0.4 is 9.64 Å². The predicted octanol–water partition coefficient (Wildman–Crippen LogP) is 5.02. The Bertz CT molecular complexity index is 906. The highest BCUT2D eigenvalue weighted by Gasteiger charge is 2.28. The average molecular weight is 471 g/mol. The number of fused-ring (bicyclic) bond motifs is 1. The summed E-state index contributed by atoms with van der Waals surface area (Å²) in [5.74, 6) is 0.691. The molecule has 1 saturated heterocycles. The highest BCUT2D eigenvalue weighted by atomic mass is 79.9. The molecule has 0 bridgehead atoms. The number of amides is 1. The predicted molar refractivity (Wildman–Crippen MR) is 116 cm³/mol. The Balaban J connectivity index is 1.91. The fourth-order valence-corrected chi connectivity index (χ4v) is 3.88. The van der Waals surface area contributed by atoms with E-state index in [4.69, 9.17) is 21.1 Å². The van der Waals surface area contributed by atoms with Crippen molar-refractivity contribution in [1.82, 2.24) is 9.88 Å². The van der Waals surface area contributed by atoms with E-state index < -0.39 is 5.60 Å². The second kappa shape index (κ2) is 7.95. The zero-order chi connectivity index (χ0) is 20.6. The van der Waals surface area contributed by atoms with Crippen LogP contribution >= 0.6 is 27.5 Å². The number of carbonyl (C=O) groups excluding carboxylic acids is 1. The van der Waals surface area contributed by atoms with Gasteiger partial charge in [-0.1, -0.05) is 11.6 Å². The molecule has 3 rings (SSSR count). The van der Waals surface area contributed by atoms with Crippen molar-refractivity contribution in [3.63, 3.8) is 0 Å². The fourth-order valence-electron chi connectivity index (χ4n) is 3.32. The maximum absolute atomic E-state index is 12.3. The number of ether oxygens (including phenoxy) is 2. The largest absolute Gasteiger partial charge is 0.493 e. The fraction of sp³-hybridized carbons (Fsp3) is 0.500. The van der Waals surface area contributed by atoms with Gasteiger partial charge in [-0.05, 0) is 55.3 Å². The topological polar surface area (TPSA) is 54.9 Å². The minimum atomic E-state index is -0.500. The van der Waals surface area contributed by atoms with Gasteiger partial charge in [-0.2, -0.15) is 0 Å². The Hall–Kier alpha value is -1.73. The van der Waals surface area contributed by atoms with Gasteiger partial charge in [0.1, 0.15) is 5.60 Å². The molecule has 2 aromatic rings. The molecule has 1 aromatic carbocycles. The standard InChI is InChI=1S/C20H25BrClN3O3/c1-12-16(21)14(22)10-13-17(12)23-11-15(27-5)18(13)24-6-8-25(9-7-24)19(26)28-20(2,3)4/h10-11H,6-9H2,1-5H3. The molecule has 1 aliphatic rings. The summed E-state index contributed by atoms with van der Waals surface area (Å²) in [6.45, 7) is 10.1. The van der Waals surface area contributed by atoms with Gasteiger partial charge in [0.25, 0.3) is 0 Å². The third-order valence-electron chi connectivity index (χ3n) is 4.69. The smallest absolute Gasteiger partial charge is 0.410 e. The lowest BCUT2D eigenvalue weighted by molar-refractivity contribution is 0.0240. The van der Waals surface area contributed by atoms with Crippen molar-refractivity contribution >= 4 is 50.2 Å². The first-order chi connectivity index (χ1) is 13.1. The molecular weight excluding hydrogens is 446 g/mol. The van der Waals surface area contributed by atoms with Crippen LogP contribution in [0.3, 0.4) is 0 Å². The number of piperazine rings is 1. The molecule has 0 aliphatic carbocycles. The Labute approximate surface area is 178 Å². The Kier molecular flexibility index (Phi) is 5.96. The maximum atomic E-state index is 12.3. The van der Waals surface area contributed by atoms with Gasteiger partial charge in [0, 0.05) is 36.0 Å². The average Bonchev–Trinajstić information content (AvgIpc) is 2.64. The van der Waals surface area contributed by atoms with Crippen molar-refractivity contribution in [3.05, 3.63) is 27.3 Å². The van der Waals surface area contributed by atoms with E-state index in [1.165, 1.54) is 0 Å². The van der Waals surface area contributed by atoms with Crippen LogP contribution in [0.1, 0.15) is 26.3 Å². The van der Waals surface area contributed by atoms with Gasteiger partial charge in [0.05, 0.1) is 29.5 Å². The van der Waals surface area contributed by atoms with Crippen molar-refractivity contribution in [2.75, 3.05) is 38.2 Å². The maximum Gasteiger partial charge on any atom is 0.410 e. The molecular formula is C20H25BrClN3O3. The van der Waals surface area contributed by atoms with E-state index in [9.17, 15) is 4.79 Å². The SMILES string of the molecule is COc1cnc2c(C)c(Br)c(Cl)cc2c1N1CCN(C(=O)OC(C)(C)C)CC1. The van der Waals surface area contributed by atoms with Crippen LogP contribution in [0.4, 0.5) is 10.5 Å². The number of anilines is 1. The summed E-state index contributed by atoms with van der Waals surface area (Å²) in [5.41, 5.74) is 2.31. The van der Waals surface area contributed by atoms with Gasteiger partial charge in [0.2, 0.25) is 0 Å². The molecule has 1 amide bonds. The van der Waals surface area contributed by atoms with E-state index in [0.29, 0.717) is 37.0 Å². The first-order valence-corrected chi connectivity index (χ1v) is 10.3. The minimum Gasteiger partial charge on any atom is -0.493 e. The van der Waals surface area contributed by atoms with E-state index >= 15 is 0 Å². The molecule has 0 N–H and O–H groups in total. The van der Waals surface area contributed by atoms with Crippen LogP contribution in [0.25, 0.3) is 10.9 Å². The number of hydrogen-bond donors (Lipinski definition) is 0. The van der Waals surface area contributed by atoms with Crippen LogP contribution in [0.15, 0.2) is 16.7 Å². The summed E-state index contributed by atoms with van der Waals surface area (Å²) in [6, 6.07) is 1.92. The van der Waals surface area contributed by atoms with Gasteiger partial charge in [-0.3, -0.25) is 4.98 Å². The van der Waals surface area contributed by atoms with Crippen LogP contribution in [0, 0.1) is 6.92 Å². The molecule has 0 radical (unpaired) electrons. The zero-order valence-corrected chi connectivity index (χ0v) is 19.1. The quantitative estimate of drug-likeness (QED) is 0.616. The highest BCUT2D eigenvalue weighted by molar-refractivity contribution is 9.10. The van der Waals surface area contributed by atoms with Crippen molar-refractivity contribution < 1.29 is 14.3 Å². The van der Waals surface area contributed by atoms with E-state index in [1.54, 1.807) is 18.2 Å². The summed E-state index contributed by atoms with van der Waals surface area (Å²) in [5, 5.41) is 1.57. The number of benzene rings is 1. The molecule has 6 nitrogen and oxygen atoms in total. The number of carbonyl (C=O) groups is 1. The molecule has 0 saturated carbocycles. The molecule has 2 heterocycles. The number of methoxy groups -OCH3 is 1. The zero-order valence-electron chi connectivity index (χ0n) is 16.8. The summed E-state index contributed by atoms with van der Waals surface area (Å²) >= 11 is 9.95. The Morgan fingerprint density at radius 2 is 1.89 bits per heavy atom. The van der Waals surface area contributed by atoms with Gasteiger partial charge in [-0.15, -0.1) is 0 Å². The first kappa shape index (κ1) is 21.0. The van der Waals surface area contributed by atoms with E-state index in [1.807, 2.05) is 33.8 Å². The number of rotatable bonds is 2. The Morgan fingerprint density at radius 3 is 2.46 bits per heavy atom. The number of halogens is 2. The number of pyridine rings is 1. The molecule has 1 fully saturated rings. The van der Waals surface area contributed by atoms with Crippen molar-refractivity contribution in [2.24, 2.45) is 0 Å². The highest BCUT2D eigenvalue weighted by Crippen LogP contribution is 2.41. The second-order valence-electron chi connectivity index (χ2n) is 7.82. The Morgan fingerprint density at radius 1 is 1.25 bits per heavy atom. The number of nitrogens with zero attached hydrogens (tertiary/aromatic N) is 3. The molecule has 0 unspecified atom stereocenters. The summed E-state index contributed by atoms with van der Waals surface area (Å²) < 4.78 is 11.9. The lowest BCUT2D eigenvalue weighted by atomic mass is 10.1. The molecule has 8 heteroatoms. The second-order valence-corrected chi connectivity index (χ2v) is 9.02. The molecule has 0 atom stereocenters. The normalized spacial score (nSPS) is 15.1. The van der Waals surface area contributed by atoms with Gasteiger partial charge < -0.3 is 19.3 Å². The van der Waals surface area contributed by atoms with Gasteiger partial charge in [0.15, 0.2) is 5.75 Å². The van der Waals surface area contributed by atoms with Crippen molar-refractivity contribution in [1.29, 1.82) is 0 Å². The number of aryl methyl sites for hydroxylation is 1. The van der Waals surface area contributed by atoms with Crippen LogP contribution in [-0.2, 0) is 4.74 Å². The third kappa shape index (κ3) is 4.15. The third-order valence-corrected chi connectivity index (χ3v) is 6.24. The summed E-state index contributed by atoms with van der Waals surface area (Å²) in [6.07, 6.45) is 1.46. The van der Waals surface area contributed by atoms with E-state index in [-0.39, 0.29) is 6.09 Å². The van der Waals surface area contributed by atoms with Gasteiger partial charge in [-0.25, -0.2) is 4.79 Å². The monoisotopic (exact) mass is 469 g/mol. The van der Waals surface area contributed by atoms with E-state index in [2.05, 4.69) is 25.8 Å². The van der Waals surface area contributed by atoms with Crippen molar-refractivity contribution in [2.45, 2.75) is 33.3 Å². The van der Waals surface area contributed by atoms with E-state index in [0.717, 1.165) is 26.6 Å². The number of hydrogen-bond acceptors (Lipinski definition) is 5. The molecule has 28 heavy (non-hydrogen) atoms.